The lowest BCUT2D eigenvalue weighted by Gasteiger charge is -2.28. The van der Waals surface area contributed by atoms with Gasteiger partial charge in [0, 0.05) is 18.2 Å². The van der Waals surface area contributed by atoms with Crippen LogP contribution in [-0.2, 0) is 11.3 Å². The minimum Gasteiger partial charge on any atom is -0.508 e. The summed E-state index contributed by atoms with van der Waals surface area (Å²) in [5, 5.41) is 31.3. The summed E-state index contributed by atoms with van der Waals surface area (Å²) < 4.78 is 0. The van der Waals surface area contributed by atoms with Crippen LogP contribution in [0.3, 0.4) is 0 Å². The van der Waals surface area contributed by atoms with E-state index in [0.29, 0.717) is 18.7 Å². The highest BCUT2D eigenvalue weighted by Gasteiger charge is 2.30. The molecule has 1 fully saturated rings. The number of carboxylic acid groups (broad SMARTS) is 1. The number of hydrogen-bond donors (Lipinski definition) is 4. The summed E-state index contributed by atoms with van der Waals surface area (Å²) in [6.45, 7) is 1.10. The van der Waals surface area contributed by atoms with E-state index in [-0.39, 0.29) is 23.3 Å². The fourth-order valence-corrected chi connectivity index (χ4v) is 2.87. The molecule has 0 heterocycles. The van der Waals surface area contributed by atoms with Gasteiger partial charge in [-0.25, -0.2) is 0 Å². The molecule has 0 amide bonds. The topological polar surface area (TPSA) is 89.8 Å². The van der Waals surface area contributed by atoms with Crippen molar-refractivity contribution in [1.29, 1.82) is 0 Å². The third-order valence-corrected chi connectivity index (χ3v) is 4.02. The Balaban J connectivity index is 1.86. The summed E-state index contributed by atoms with van der Waals surface area (Å²) in [6, 6.07) is 4.49. The first-order valence-electron chi connectivity index (χ1n) is 7.02. The van der Waals surface area contributed by atoms with Gasteiger partial charge in [-0.1, -0.05) is 18.9 Å². The molecule has 1 aromatic rings. The highest BCUT2D eigenvalue weighted by Crippen LogP contribution is 2.30. The first kappa shape index (κ1) is 14.7. The van der Waals surface area contributed by atoms with Crippen molar-refractivity contribution in [2.24, 2.45) is 11.8 Å². The summed E-state index contributed by atoms with van der Waals surface area (Å²) in [4.78, 5) is 11.2. The zero-order valence-electron chi connectivity index (χ0n) is 11.4. The molecule has 1 aliphatic rings. The zero-order chi connectivity index (χ0) is 14.5. The third kappa shape index (κ3) is 3.63. The Morgan fingerprint density at radius 3 is 2.70 bits per heavy atom. The smallest absolute Gasteiger partial charge is 0.306 e. The average Bonchev–Trinajstić information content (AvgIpc) is 2.41. The van der Waals surface area contributed by atoms with E-state index in [1.165, 1.54) is 12.1 Å². The molecule has 0 spiro atoms. The lowest BCUT2D eigenvalue weighted by atomic mass is 9.79. The number of phenolic OH excluding ortho intramolecular Hbond substituents is 2. The van der Waals surface area contributed by atoms with Crippen LogP contribution in [0.1, 0.15) is 31.2 Å². The van der Waals surface area contributed by atoms with Gasteiger partial charge in [-0.15, -0.1) is 0 Å². The minimum absolute atomic E-state index is 0.0319. The normalized spacial score (nSPS) is 22.6. The molecule has 2 atom stereocenters. The Labute approximate surface area is 118 Å². The van der Waals surface area contributed by atoms with E-state index in [2.05, 4.69) is 5.32 Å². The summed E-state index contributed by atoms with van der Waals surface area (Å²) >= 11 is 0. The molecular formula is C15H21NO4. The highest BCUT2D eigenvalue weighted by atomic mass is 16.4. The monoisotopic (exact) mass is 279 g/mol. The maximum absolute atomic E-state index is 11.2. The maximum atomic E-state index is 11.2. The van der Waals surface area contributed by atoms with Crippen molar-refractivity contribution in [3.63, 3.8) is 0 Å². The second-order valence-corrected chi connectivity index (χ2v) is 5.43. The Kier molecular flexibility index (Phi) is 4.84. The number of aliphatic carboxylic acids is 1. The average molecular weight is 279 g/mol. The van der Waals surface area contributed by atoms with Gasteiger partial charge in [-0.3, -0.25) is 4.79 Å². The standard InChI is InChI=1S/C15H21NO4/c17-12-6-5-11(14(18)7-12)9-16-8-10-3-1-2-4-13(10)15(19)20/h5-7,10,13,16-18H,1-4,8-9H2,(H,19,20). The van der Waals surface area contributed by atoms with Gasteiger partial charge in [0.25, 0.3) is 0 Å². The Bertz CT molecular complexity index is 475. The molecule has 2 unspecified atom stereocenters. The second-order valence-electron chi connectivity index (χ2n) is 5.43. The lowest BCUT2D eigenvalue weighted by molar-refractivity contribution is -0.144. The van der Waals surface area contributed by atoms with Crippen molar-refractivity contribution in [2.45, 2.75) is 32.2 Å². The fraction of sp³-hybridized carbons (Fsp3) is 0.533. The SMILES string of the molecule is O=C(O)C1CCCCC1CNCc1ccc(O)cc1O. The van der Waals surface area contributed by atoms with Gasteiger partial charge in [-0.05, 0) is 31.4 Å². The number of benzene rings is 1. The number of hydrogen-bond acceptors (Lipinski definition) is 4. The van der Waals surface area contributed by atoms with Crippen LogP contribution in [0.5, 0.6) is 11.5 Å². The molecule has 0 aliphatic heterocycles. The summed E-state index contributed by atoms with van der Waals surface area (Å²) in [5.74, 6) is -0.727. The highest BCUT2D eigenvalue weighted by molar-refractivity contribution is 5.70. The van der Waals surface area contributed by atoms with E-state index in [9.17, 15) is 20.1 Å². The maximum Gasteiger partial charge on any atom is 0.306 e. The lowest BCUT2D eigenvalue weighted by Crippen LogP contribution is -2.34. The minimum atomic E-state index is -0.705. The van der Waals surface area contributed by atoms with Crippen molar-refractivity contribution in [1.82, 2.24) is 5.32 Å². The van der Waals surface area contributed by atoms with Crippen molar-refractivity contribution in [3.8, 4) is 11.5 Å². The van der Waals surface area contributed by atoms with Crippen molar-refractivity contribution in [2.75, 3.05) is 6.54 Å². The van der Waals surface area contributed by atoms with E-state index in [1.54, 1.807) is 6.07 Å². The van der Waals surface area contributed by atoms with Crippen LogP contribution >= 0.6 is 0 Å². The largest absolute Gasteiger partial charge is 0.508 e. The number of phenols is 2. The Morgan fingerprint density at radius 1 is 1.25 bits per heavy atom. The third-order valence-electron chi connectivity index (χ3n) is 4.02. The Hall–Kier alpha value is -1.75. The molecule has 4 N–H and O–H groups in total. The molecule has 1 aliphatic carbocycles. The van der Waals surface area contributed by atoms with Gasteiger partial charge in [0.1, 0.15) is 11.5 Å². The molecule has 5 heteroatoms. The van der Waals surface area contributed by atoms with Gasteiger partial charge in [0.05, 0.1) is 5.92 Å². The van der Waals surface area contributed by atoms with Gasteiger partial charge in [0.2, 0.25) is 0 Å². The van der Waals surface area contributed by atoms with Gasteiger partial charge >= 0.3 is 5.97 Å². The molecule has 1 aromatic carbocycles. The van der Waals surface area contributed by atoms with Crippen molar-refractivity contribution >= 4 is 5.97 Å². The molecule has 0 radical (unpaired) electrons. The fourth-order valence-electron chi connectivity index (χ4n) is 2.87. The number of carbonyl (C=O) groups is 1. The molecular weight excluding hydrogens is 258 g/mol. The van der Waals surface area contributed by atoms with E-state index < -0.39 is 5.97 Å². The number of carboxylic acids is 1. The van der Waals surface area contributed by atoms with Crippen LogP contribution < -0.4 is 5.32 Å². The van der Waals surface area contributed by atoms with Crippen LogP contribution in [0.25, 0.3) is 0 Å². The first-order chi connectivity index (χ1) is 9.58. The van der Waals surface area contributed by atoms with Crippen LogP contribution in [0.4, 0.5) is 0 Å². The van der Waals surface area contributed by atoms with Crippen molar-refractivity contribution in [3.05, 3.63) is 23.8 Å². The molecule has 0 aromatic heterocycles. The summed E-state index contributed by atoms with van der Waals surface area (Å²) in [5.41, 5.74) is 0.700. The van der Waals surface area contributed by atoms with Crippen LogP contribution in [-0.4, -0.2) is 27.8 Å². The molecule has 2 rings (SSSR count). The zero-order valence-corrected chi connectivity index (χ0v) is 11.4. The van der Waals surface area contributed by atoms with Crippen molar-refractivity contribution < 1.29 is 20.1 Å². The summed E-state index contributed by atoms with van der Waals surface area (Å²) in [6.07, 6.45) is 3.77. The molecule has 110 valence electrons. The van der Waals surface area contributed by atoms with Gasteiger partial charge in [0.15, 0.2) is 0 Å². The molecule has 5 nitrogen and oxygen atoms in total. The number of nitrogens with one attached hydrogen (secondary N) is 1. The van der Waals surface area contributed by atoms with E-state index in [4.69, 9.17) is 0 Å². The van der Waals surface area contributed by atoms with E-state index >= 15 is 0 Å². The predicted octanol–water partition coefficient (Wildman–Crippen LogP) is 2.08. The van der Waals surface area contributed by atoms with Crippen LogP contribution in [0.2, 0.25) is 0 Å². The number of aromatic hydroxyl groups is 2. The second kappa shape index (κ2) is 6.61. The first-order valence-corrected chi connectivity index (χ1v) is 7.02. The van der Waals surface area contributed by atoms with Crippen LogP contribution in [0, 0.1) is 11.8 Å². The summed E-state index contributed by atoms with van der Waals surface area (Å²) in [7, 11) is 0. The Morgan fingerprint density at radius 2 is 2.00 bits per heavy atom. The van der Waals surface area contributed by atoms with E-state index in [1.807, 2.05) is 0 Å². The van der Waals surface area contributed by atoms with E-state index in [0.717, 1.165) is 25.7 Å². The molecule has 20 heavy (non-hydrogen) atoms. The quantitative estimate of drug-likeness (QED) is 0.662. The van der Waals surface area contributed by atoms with Gasteiger partial charge in [-0.2, -0.15) is 0 Å². The number of rotatable bonds is 5. The molecule has 0 bridgehead atoms. The van der Waals surface area contributed by atoms with Crippen LogP contribution in [0.15, 0.2) is 18.2 Å². The molecule has 1 saturated carbocycles. The van der Waals surface area contributed by atoms with Gasteiger partial charge < -0.3 is 20.6 Å². The predicted molar refractivity (Wildman–Crippen MR) is 74.6 cm³/mol. The molecule has 0 saturated heterocycles.